The van der Waals surface area contributed by atoms with Gasteiger partial charge in [0.25, 0.3) is 0 Å². The van der Waals surface area contributed by atoms with Gasteiger partial charge in [-0.25, -0.2) is 0 Å². The van der Waals surface area contributed by atoms with Crippen LogP contribution in [0.15, 0.2) is 12.7 Å². The summed E-state index contributed by atoms with van der Waals surface area (Å²) in [4.78, 5) is 2.45. The third-order valence-electron chi connectivity index (χ3n) is 3.26. The van der Waals surface area contributed by atoms with Gasteiger partial charge in [0.2, 0.25) is 0 Å². The van der Waals surface area contributed by atoms with Crippen LogP contribution in [0.4, 0.5) is 0 Å². The molecule has 0 spiro atoms. The third kappa shape index (κ3) is 5.95. The van der Waals surface area contributed by atoms with E-state index in [4.69, 9.17) is 0 Å². The lowest BCUT2D eigenvalue weighted by Gasteiger charge is -2.17. The number of hydrogen-bond acceptors (Lipinski definition) is 2. The molecule has 0 aromatic heterocycles. The van der Waals surface area contributed by atoms with Crippen LogP contribution in [0.3, 0.4) is 0 Å². The minimum atomic E-state index is 0.951. The predicted molar refractivity (Wildman–Crippen MR) is 67.1 cm³/mol. The van der Waals surface area contributed by atoms with Gasteiger partial charge < -0.3 is 10.2 Å². The minimum Gasteiger partial charge on any atom is -0.316 e. The fourth-order valence-electron chi connectivity index (χ4n) is 2.23. The Hall–Kier alpha value is -0.340. The number of nitrogens with one attached hydrogen (secondary N) is 1. The van der Waals surface area contributed by atoms with Crippen molar-refractivity contribution in [3.8, 4) is 0 Å². The van der Waals surface area contributed by atoms with Gasteiger partial charge in [-0.15, -0.1) is 6.58 Å². The van der Waals surface area contributed by atoms with E-state index in [9.17, 15) is 0 Å². The molecule has 1 atom stereocenters. The van der Waals surface area contributed by atoms with E-state index in [1.165, 1.54) is 51.9 Å². The van der Waals surface area contributed by atoms with E-state index in [2.05, 4.69) is 23.8 Å². The molecule has 0 bridgehead atoms. The molecule has 2 nitrogen and oxygen atoms in total. The quantitative estimate of drug-likeness (QED) is 0.488. The van der Waals surface area contributed by atoms with Crippen LogP contribution in [-0.2, 0) is 0 Å². The molecule has 1 rings (SSSR count). The van der Waals surface area contributed by atoms with E-state index in [0.29, 0.717) is 0 Å². The lowest BCUT2D eigenvalue weighted by atomic mass is 10.0. The second-order valence-electron chi connectivity index (χ2n) is 4.74. The van der Waals surface area contributed by atoms with Gasteiger partial charge in [0.1, 0.15) is 0 Å². The van der Waals surface area contributed by atoms with Crippen LogP contribution in [0.2, 0.25) is 0 Å². The van der Waals surface area contributed by atoms with Gasteiger partial charge in [-0.3, -0.25) is 0 Å². The molecule has 88 valence electrons. The molecule has 1 heterocycles. The Labute approximate surface area is 94.7 Å². The van der Waals surface area contributed by atoms with Crippen LogP contribution in [0.25, 0.3) is 0 Å². The number of allylic oxidation sites excluding steroid dienone is 1. The van der Waals surface area contributed by atoms with Crippen LogP contribution in [0.5, 0.6) is 0 Å². The maximum absolute atomic E-state index is 3.75. The molecule has 0 amide bonds. The second kappa shape index (κ2) is 7.89. The monoisotopic (exact) mass is 210 g/mol. The molecule has 0 aromatic carbocycles. The molecular formula is C13H26N2. The Morgan fingerprint density at radius 2 is 2.20 bits per heavy atom. The number of unbranched alkanes of at least 4 members (excludes halogenated alkanes) is 1. The lowest BCUT2D eigenvalue weighted by Crippen LogP contribution is -2.21. The van der Waals surface area contributed by atoms with Crippen molar-refractivity contribution in [2.24, 2.45) is 5.92 Å². The summed E-state index contributed by atoms with van der Waals surface area (Å²) >= 11 is 0. The zero-order chi connectivity index (χ0) is 10.9. The van der Waals surface area contributed by atoms with E-state index in [0.717, 1.165) is 12.3 Å². The summed E-state index contributed by atoms with van der Waals surface area (Å²) < 4.78 is 0. The standard InChI is InChI=1S/C13H26N2/c1-3-4-5-10-15(2)11-6-7-13-8-9-14-12-13/h3,13-14H,1,4-12H2,2H3. The van der Waals surface area contributed by atoms with Crippen molar-refractivity contribution in [1.29, 1.82) is 0 Å². The van der Waals surface area contributed by atoms with Crippen molar-refractivity contribution in [2.75, 3.05) is 33.2 Å². The SMILES string of the molecule is C=CCCCN(C)CCCC1CCNC1. The van der Waals surface area contributed by atoms with E-state index in [-0.39, 0.29) is 0 Å². The Morgan fingerprint density at radius 3 is 2.87 bits per heavy atom. The Kier molecular flexibility index (Phi) is 6.69. The Morgan fingerprint density at radius 1 is 1.40 bits per heavy atom. The van der Waals surface area contributed by atoms with Crippen molar-refractivity contribution < 1.29 is 0 Å². The van der Waals surface area contributed by atoms with E-state index in [1.54, 1.807) is 0 Å². The normalized spacial score (nSPS) is 21.1. The van der Waals surface area contributed by atoms with Gasteiger partial charge in [-0.05, 0) is 71.2 Å². The lowest BCUT2D eigenvalue weighted by molar-refractivity contribution is 0.312. The average Bonchev–Trinajstić information content (AvgIpc) is 2.71. The molecule has 1 aliphatic heterocycles. The summed E-state index contributed by atoms with van der Waals surface area (Å²) in [5, 5.41) is 3.43. The molecule has 0 aromatic rings. The molecule has 0 aliphatic carbocycles. The highest BCUT2D eigenvalue weighted by atomic mass is 15.1. The first-order valence-corrected chi connectivity index (χ1v) is 6.33. The molecule has 15 heavy (non-hydrogen) atoms. The molecular weight excluding hydrogens is 184 g/mol. The molecule has 1 unspecified atom stereocenters. The van der Waals surface area contributed by atoms with Crippen molar-refractivity contribution in [2.45, 2.75) is 32.1 Å². The highest BCUT2D eigenvalue weighted by Crippen LogP contribution is 2.14. The van der Waals surface area contributed by atoms with Gasteiger partial charge in [0, 0.05) is 0 Å². The summed E-state index contributed by atoms with van der Waals surface area (Å²) in [6, 6.07) is 0. The molecule has 1 aliphatic rings. The first-order chi connectivity index (χ1) is 7.33. The van der Waals surface area contributed by atoms with Gasteiger partial charge in [0.05, 0.1) is 0 Å². The summed E-state index contributed by atoms with van der Waals surface area (Å²) in [7, 11) is 2.23. The Balaban J connectivity index is 1.91. The zero-order valence-electron chi connectivity index (χ0n) is 10.2. The number of nitrogens with zero attached hydrogens (tertiary/aromatic N) is 1. The fraction of sp³-hybridized carbons (Fsp3) is 0.846. The molecule has 1 fully saturated rings. The average molecular weight is 210 g/mol. The van der Waals surface area contributed by atoms with E-state index >= 15 is 0 Å². The van der Waals surface area contributed by atoms with Crippen LogP contribution in [0.1, 0.15) is 32.1 Å². The van der Waals surface area contributed by atoms with Crippen molar-refractivity contribution in [3.05, 3.63) is 12.7 Å². The van der Waals surface area contributed by atoms with Crippen LogP contribution >= 0.6 is 0 Å². The summed E-state index contributed by atoms with van der Waals surface area (Å²) in [6.45, 7) is 8.71. The highest BCUT2D eigenvalue weighted by molar-refractivity contribution is 4.71. The van der Waals surface area contributed by atoms with Crippen LogP contribution in [-0.4, -0.2) is 38.1 Å². The maximum atomic E-state index is 3.75. The summed E-state index contributed by atoms with van der Waals surface area (Å²) in [5.41, 5.74) is 0. The molecule has 1 N–H and O–H groups in total. The maximum Gasteiger partial charge on any atom is -0.00188 e. The van der Waals surface area contributed by atoms with E-state index < -0.39 is 0 Å². The van der Waals surface area contributed by atoms with Gasteiger partial charge >= 0.3 is 0 Å². The first-order valence-electron chi connectivity index (χ1n) is 6.33. The van der Waals surface area contributed by atoms with Gasteiger partial charge in [-0.2, -0.15) is 0 Å². The zero-order valence-corrected chi connectivity index (χ0v) is 10.2. The number of rotatable bonds is 8. The molecule has 0 radical (unpaired) electrons. The van der Waals surface area contributed by atoms with Crippen LogP contribution in [0, 0.1) is 5.92 Å². The highest BCUT2D eigenvalue weighted by Gasteiger charge is 2.13. The number of hydrogen-bond donors (Lipinski definition) is 1. The molecule has 1 saturated heterocycles. The van der Waals surface area contributed by atoms with Crippen LogP contribution < -0.4 is 5.32 Å². The van der Waals surface area contributed by atoms with Crippen molar-refractivity contribution >= 4 is 0 Å². The largest absolute Gasteiger partial charge is 0.316 e. The molecule has 2 heteroatoms. The smallest absolute Gasteiger partial charge is 0.00188 e. The van der Waals surface area contributed by atoms with E-state index in [1.807, 2.05) is 6.08 Å². The fourth-order valence-corrected chi connectivity index (χ4v) is 2.23. The molecule has 0 saturated carbocycles. The van der Waals surface area contributed by atoms with Crippen molar-refractivity contribution in [1.82, 2.24) is 10.2 Å². The Bertz CT molecular complexity index is 162. The van der Waals surface area contributed by atoms with Gasteiger partial charge in [-0.1, -0.05) is 6.08 Å². The third-order valence-corrected chi connectivity index (χ3v) is 3.26. The first kappa shape index (κ1) is 12.7. The van der Waals surface area contributed by atoms with Gasteiger partial charge in [0.15, 0.2) is 0 Å². The summed E-state index contributed by atoms with van der Waals surface area (Å²) in [6.07, 6.45) is 8.57. The summed E-state index contributed by atoms with van der Waals surface area (Å²) in [5.74, 6) is 0.951. The topological polar surface area (TPSA) is 15.3 Å². The van der Waals surface area contributed by atoms with Crippen molar-refractivity contribution in [3.63, 3.8) is 0 Å². The minimum absolute atomic E-state index is 0.951. The predicted octanol–water partition coefficient (Wildman–Crippen LogP) is 2.27. The second-order valence-corrected chi connectivity index (χ2v) is 4.74.